The molecule has 3 aromatic rings. The summed E-state index contributed by atoms with van der Waals surface area (Å²) in [5.74, 6) is -3.86. The van der Waals surface area contributed by atoms with Gasteiger partial charge in [-0.05, 0) is 56.7 Å². The van der Waals surface area contributed by atoms with E-state index in [2.05, 4.69) is 5.10 Å². The summed E-state index contributed by atoms with van der Waals surface area (Å²) in [6.07, 6.45) is 0. The lowest BCUT2D eigenvalue weighted by Gasteiger charge is -2.18. The maximum atomic E-state index is 12.8. The summed E-state index contributed by atoms with van der Waals surface area (Å²) in [6.45, 7) is 6.10. The predicted octanol–water partition coefficient (Wildman–Crippen LogP) is 4.07. The molecule has 0 N–H and O–H groups in total. The van der Waals surface area contributed by atoms with Crippen molar-refractivity contribution in [3.05, 3.63) is 76.6 Å². The Bertz CT molecular complexity index is 1220. The van der Waals surface area contributed by atoms with Gasteiger partial charge in [0.2, 0.25) is 9.84 Å². The fourth-order valence-corrected chi connectivity index (χ4v) is 4.08. The zero-order valence-electron chi connectivity index (χ0n) is 17.6. The van der Waals surface area contributed by atoms with Gasteiger partial charge in [0, 0.05) is 30.4 Å². The van der Waals surface area contributed by atoms with Gasteiger partial charge in [0.25, 0.3) is 5.91 Å². The highest BCUT2D eigenvalue weighted by Crippen LogP contribution is 2.23. The topological polar surface area (TPSA) is 72.3 Å². The van der Waals surface area contributed by atoms with Gasteiger partial charge in [-0.15, -0.1) is 0 Å². The number of amides is 1. The highest BCUT2D eigenvalue weighted by molar-refractivity contribution is 7.91. The maximum Gasteiger partial charge on any atom is 0.341 e. The molecule has 31 heavy (non-hydrogen) atoms. The van der Waals surface area contributed by atoms with Crippen LogP contribution in [0.25, 0.3) is 5.69 Å². The summed E-state index contributed by atoms with van der Waals surface area (Å²) in [4.78, 5) is 13.8. The second-order valence-corrected chi connectivity index (χ2v) is 9.26. The number of rotatable bonds is 6. The molecule has 0 aliphatic rings. The molecule has 1 heterocycles. The number of alkyl halides is 2. The first-order chi connectivity index (χ1) is 14.5. The number of halogens is 2. The number of sulfone groups is 1. The molecule has 0 fully saturated rings. The average molecular weight is 448 g/mol. The van der Waals surface area contributed by atoms with Crippen molar-refractivity contribution in [1.29, 1.82) is 0 Å². The molecule has 0 saturated carbocycles. The number of carbonyl (C=O) groups excluding carboxylic acids is 1. The van der Waals surface area contributed by atoms with Gasteiger partial charge < -0.3 is 4.90 Å². The quantitative estimate of drug-likeness (QED) is 0.571. The monoisotopic (exact) mass is 447 g/mol. The molecular formula is C22H23F2N3O3S. The number of aromatic nitrogens is 2. The van der Waals surface area contributed by atoms with Gasteiger partial charge in [0.1, 0.15) is 0 Å². The summed E-state index contributed by atoms with van der Waals surface area (Å²) >= 11 is 0. The van der Waals surface area contributed by atoms with Crippen LogP contribution in [0.4, 0.5) is 8.78 Å². The van der Waals surface area contributed by atoms with E-state index in [1.165, 1.54) is 17.0 Å². The number of benzene rings is 2. The molecule has 0 radical (unpaired) electrons. The van der Waals surface area contributed by atoms with Gasteiger partial charge in [0.05, 0.1) is 16.3 Å². The molecule has 0 aliphatic carbocycles. The molecule has 0 saturated heterocycles. The second-order valence-electron chi connectivity index (χ2n) is 7.34. The molecule has 0 unspecified atom stereocenters. The third-order valence-corrected chi connectivity index (χ3v) is 6.59. The highest BCUT2D eigenvalue weighted by Gasteiger charge is 2.27. The molecule has 0 bridgehead atoms. The van der Waals surface area contributed by atoms with E-state index < -0.39 is 20.5 Å². The number of hydrogen-bond donors (Lipinski definition) is 0. The van der Waals surface area contributed by atoms with Crippen LogP contribution >= 0.6 is 0 Å². The first kappa shape index (κ1) is 22.6. The summed E-state index contributed by atoms with van der Waals surface area (Å²) in [5.41, 5.74) is 4.83. The third-order valence-electron chi connectivity index (χ3n) is 5.19. The van der Waals surface area contributed by atoms with Crippen LogP contribution in [0.3, 0.4) is 0 Å². The summed E-state index contributed by atoms with van der Waals surface area (Å²) in [6, 6.07) is 12.4. The standard InChI is InChI=1S/C22H23F2N3O3S/c1-14-7-5-6-8-20(14)27-16(3)19(15(2)25-27)13-26(4)21(28)17-9-11-18(12-10-17)31(29,30)22(23)24/h5-12,22H,13H2,1-4H3. The lowest BCUT2D eigenvalue weighted by atomic mass is 10.1. The summed E-state index contributed by atoms with van der Waals surface area (Å²) < 4.78 is 50.3. The van der Waals surface area contributed by atoms with Gasteiger partial charge in [-0.25, -0.2) is 13.1 Å². The molecule has 6 nitrogen and oxygen atoms in total. The zero-order chi connectivity index (χ0) is 22.9. The molecule has 164 valence electrons. The lowest BCUT2D eigenvalue weighted by molar-refractivity contribution is 0.0784. The Kier molecular flexibility index (Phi) is 6.26. The third kappa shape index (κ3) is 4.36. The van der Waals surface area contributed by atoms with Crippen LogP contribution in [0, 0.1) is 20.8 Å². The maximum absolute atomic E-state index is 12.8. The average Bonchev–Trinajstić information content (AvgIpc) is 3.01. The number of nitrogens with zero attached hydrogens (tertiary/aromatic N) is 3. The second kappa shape index (κ2) is 8.58. The van der Waals surface area contributed by atoms with Crippen molar-refractivity contribution < 1.29 is 22.0 Å². The van der Waals surface area contributed by atoms with Crippen LogP contribution in [0.1, 0.15) is 32.9 Å². The Labute approximate surface area is 180 Å². The van der Waals surface area contributed by atoms with Crippen molar-refractivity contribution >= 4 is 15.7 Å². The van der Waals surface area contributed by atoms with Gasteiger partial charge >= 0.3 is 5.76 Å². The largest absolute Gasteiger partial charge is 0.341 e. The van der Waals surface area contributed by atoms with E-state index in [0.717, 1.165) is 40.3 Å². The number of aryl methyl sites for hydroxylation is 2. The summed E-state index contributed by atoms with van der Waals surface area (Å²) in [5, 5.41) is 4.62. The molecule has 0 atom stereocenters. The predicted molar refractivity (Wildman–Crippen MR) is 113 cm³/mol. The molecule has 2 aromatic carbocycles. The van der Waals surface area contributed by atoms with Gasteiger partial charge in [-0.2, -0.15) is 13.9 Å². The fourth-order valence-electron chi connectivity index (χ4n) is 3.36. The molecular weight excluding hydrogens is 424 g/mol. The Morgan fingerprint density at radius 2 is 1.68 bits per heavy atom. The van der Waals surface area contributed by atoms with Gasteiger partial charge in [-0.1, -0.05) is 18.2 Å². The zero-order valence-corrected chi connectivity index (χ0v) is 18.5. The fraction of sp³-hybridized carbons (Fsp3) is 0.273. The first-order valence-electron chi connectivity index (χ1n) is 9.52. The number of carbonyl (C=O) groups is 1. The normalized spacial score (nSPS) is 11.7. The minimum Gasteiger partial charge on any atom is -0.337 e. The molecule has 1 aromatic heterocycles. The van der Waals surface area contributed by atoms with E-state index >= 15 is 0 Å². The van der Waals surface area contributed by atoms with E-state index in [1.807, 2.05) is 49.7 Å². The molecule has 0 spiro atoms. The Balaban J connectivity index is 1.83. The Morgan fingerprint density at radius 3 is 2.26 bits per heavy atom. The van der Waals surface area contributed by atoms with Crippen molar-refractivity contribution in [2.75, 3.05) is 7.05 Å². The van der Waals surface area contributed by atoms with Crippen molar-refractivity contribution in [2.24, 2.45) is 0 Å². The SMILES string of the molecule is Cc1ccccc1-n1nc(C)c(CN(C)C(=O)c2ccc(S(=O)(=O)C(F)F)cc2)c1C. The molecule has 3 rings (SSSR count). The van der Waals surface area contributed by atoms with Gasteiger partial charge in [-0.3, -0.25) is 4.79 Å². The first-order valence-corrected chi connectivity index (χ1v) is 11.1. The van der Waals surface area contributed by atoms with E-state index in [9.17, 15) is 22.0 Å². The Hall–Kier alpha value is -3.07. The highest BCUT2D eigenvalue weighted by atomic mass is 32.2. The van der Waals surface area contributed by atoms with E-state index in [-0.39, 0.29) is 11.5 Å². The van der Waals surface area contributed by atoms with Crippen LogP contribution in [0.5, 0.6) is 0 Å². The van der Waals surface area contributed by atoms with Crippen molar-refractivity contribution in [1.82, 2.24) is 14.7 Å². The van der Waals surface area contributed by atoms with E-state index in [4.69, 9.17) is 0 Å². The van der Waals surface area contributed by atoms with Crippen LogP contribution in [0.2, 0.25) is 0 Å². The minimum atomic E-state index is -4.70. The number of para-hydroxylation sites is 1. The minimum absolute atomic E-state index is 0.206. The smallest absolute Gasteiger partial charge is 0.337 e. The molecule has 0 aliphatic heterocycles. The van der Waals surface area contributed by atoms with Crippen LogP contribution in [-0.2, 0) is 16.4 Å². The van der Waals surface area contributed by atoms with Gasteiger partial charge in [0.15, 0.2) is 0 Å². The van der Waals surface area contributed by atoms with Crippen molar-refractivity contribution in [3.63, 3.8) is 0 Å². The van der Waals surface area contributed by atoms with Crippen molar-refractivity contribution in [2.45, 2.75) is 38.0 Å². The summed E-state index contributed by atoms with van der Waals surface area (Å²) in [7, 11) is -3.07. The molecule has 1 amide bonds. The van der Waals surface area contributed by atoms with E-state index in [0.29, 0.717) is 6.54 Å². The van der Waals surface area contributed by atoms with Crippen LogP contribution in [0.15, 0.2) is 53.4 Å². The molecule has 9 heteroatoms. The Morgan fingerprint density at radius 1 is 1.06 bits per heavy atom. The number of hydrogen-bond acceptors (Lipinski definition) is 4. The van der Waals surface area contributed by atoms with E-state index in [1.54, 1.807) is 7.05 Å². The lowest BCUT2D eigenvalue weighted by Crippen LogP contribution is -2.26. The van der Waals surface area contributed by atoms with Crippen LogP contribution in [-0.4, -0.2) is 41.8 Å². The van der Waals surface area contributed by atoms with Crippen molar-refractivity contribution in [3.8, 4) is 5.69 Å². The van der Waals surface area contributed by atoms with Crippen LogP contribution < -0.4 is 0 Å².